The van der Waals surface area contributed by atoms with Crippen LogP contribution in [-0.4, -0.2) is 18.1 Å². The first kappa shape index (κ1) is 7.84. The Balaban J connectivity index is 2.56. The summed E-state index contributed by atoms with van der Waals surface area (Å²) in [6, 6.07) is 0. The molecule has 0 fully saturated rings. The van der Waals surface area contributed by atoms with Gasteiger partial charge in [0.2, 0.25) is 0 Å². The molecular weight excluding hydrogens is 172 g/mol. The van der Waals surface area contributed by atoms with Crippen molar-refractivity contribution in [1.82, 2.24) is 0 Å². The van der Waals surface area contributed by atoms with Gasteiger partial charge in [-0.15, -0.1) is 0 Å². The van der Waals surface area contributed by atoms with Gasteiger partial charge in [0.15, 0.2) is 0 Å². The standard InChI is InChI=1S/C5H8O3S2/c6-10(7,8)5-9-3-1-2-4-9/h1-4,9H,5H2,(H,6,7,8). The molecule has 0 spiro atoms. The van der Waals surface area contributed by atoms with Crippen LogP contribution in [0.1, 0.15) is 0 Å². The minimum atomic E-state index is -3.78. The van der Waals surface area contributed by atoms with Crippen LogP contribution in [0.2, 0.25) is 0 Å². The highest BCUT2D eigenvalue weighted by Gasteiger charge is 2.09. The van der Waals surface area contributed by atoms with Gasteiger partial charge in [-0.1, -0.05) is 12.2 Å². The molecule has 1 heterocycles. The van der Waals surface area contributed by atoms with E-state index in [4.69, 9.17) is 4.55 Å². The number of allylic oxidation sites excluding steroid dienone is 2. The maximum absolute atomic E-state index is 10.3. The van der Waals surface area contributed by atoms with Crippen LogP contribution >= 0.6 is 10.9 Å². The molecule has 0 atom stereocenters. The van der Waals surface area contributed by atoms with Gasteiger partial charge in [-0.05, 0) is 10.8 Å². The van der Waals surface area contributed by atoms with Crippen molar-refractivity contribution in [3.63, 3.8) is 0 Å². The molecule has 0 radical (unpaired) electrons. The van der Waals surface area contributed by atoms with E-state index in [2.05, 4.69) is 0 Å². The molecule has 0 unspecified atom stereocenters. The molecule has 1 N–H and O–H groups in total. The topological polar surface area (TPSA) is 54.4 Å². The Kier molecular flexibility index (Phi) is 2.18. The Morgan fingerprint density at radius 1 is 1.30 bits per heavy atom. The highest BCUT2D eigenvalue weighted by atomic mass is 32.3. The normalized spacial score (nSPS) is 20.3. The minimum Gasteiger partial charge on any atom is -0.285 e. The van der Waals surface area contributed by atoms with Crippen LogP contribution in [0.25, 0.3) is 0 Å². The minimum absolute atomic E-state index is 0.144. The van der Waals surface area contributed by atoms with Crippen molar-refractivity contribution in [3.8, 4) is 0 Å². The molecule has 0 aromatic heterocycles. The molecule has 10 heavy (non-hydrogen) atoms. The van der Waals surface area contributed by atoms with E-state index in [1.807, 2.05) is 0 Å². The zero-order valence-electron chi connectivity index (χ0n) is 5.14. The predicted molar refractivity (Wildman–Crippen MR) is 43.7 cm³/mol. The summed E-state index contributed by atoms with van der Waals surface area (Å²) in [6.07, 6.45) is 3.58. The van der Waals surface area contributed by atoms with Crippen LogP contribution in [0, 0.1) is 0 Å². The maximum Gasteiger partial charge on any atom is 0.273 e. The first-order valence-electron chi connectivity index (χ1n) is 2.64. The SMILES string of the molecule is O=S(=O)(O)C[SH]1C=CC=C1. The largest absolute Gasteiger partial charge is 0.285 e. The van der Waals surface area contributed by atoms with E-state index in [1.165, 1.54) is 0 Å². The van der Waals surface area contributed by atoms with Gasteiger partial charge in [-0.2, -0.15) is 19.3 Å². The molecule has 0 amide bonds. The molecular formula is C5H8O3S2. The fraction of sp³-hybridized carbons (Fsp3) is 0.200. The zero-order chi connectivity index (χ0) is 7.61. The van der Waals surface area contributed by atoms with E-state index < -0.39 is 21.0 Å². The van der Waals surface area contributed by atoms with Gasteiger partial charge in [-0.3, -0.25) is 4.55 Å². The van der Waals surface area contributed by atoms with E-state index in [9.17, 15) is 8.42 Å². The van der Waals surface area contributed by atoms with Gasteiger partial charge in [0.05, 0.1) is 0 Å². The summed E-state index contributed by atoms with van der Waals surface area (Å²) in [5.74, 6) is 0. The average molecular weight is 180 g/mol. The van der Waals surface area contributed by atoms with Crippen LogP contribution in [0.3, 0.4) is 0 Å². The van der Waals surface area contributed by atoms with Crippen molar-refractivity contribution in [2.45, 2.75) is 0 Å². The fourth-order valence-corrected chi connectivity index (χ4v) is 3.58. The third-order valence-corrected chi connectivity index (χ3v) is 4.59. The molecule has 5 heteroatoms. The monoisotopic (exact) mass is 180 g/mol. The van der Waals surface area contributed by atoms with Crippen LogP contribution in [-0.2, 0) is 10.1 Å². The molecule has 3 nitrogen and oxygen atoms in total. The maximum atomic E-state index is 10.3. The summed E-state index contributed by atoms with van der Waals surface area (Å²) < 4.78 is 29.0. The number of hydrogen-bond donors (Lipinski definition) is 2. The van der Waals surface area contributed by atoms with E-state index in [0.717, 1.165) is 0 Å². The summed E-state index contributed by atoms with van der Waals surface area (Å²) >= 11 is 0. The Morgan fingerprint density at radius 2 is 1.80 bits per heavy atom. The van der Waals surface area contributed by atoms with Crippen molar-refractivity contribution < 1.29 is 13.0 Å². The summed E-state index contributed by atoms with van der Waals surface area (Å²) in [4.78, 5) is 0. The van der Waals surface area contributed by atoms with Crippen molar-refractivity contribution in [3.05, 3.63) is 23.0 Å². The molecule has 1 rings (SSSR count). The van der Waals surface area contributed by atoms with E-state index >= 15 is 0 Å². The number of hydrogen-bond acceptors (Lipinski definition) is 2. The molecule has 0 saturated heterocycles. The first-order valence-corrected chi connectivity index (χ1v) is 5.91. The summed E-state index contributed by atoms with van der Waals surface area (Å²) in [5.41, 5.74) is 0. The lowest BCUT2D eigenvalue weighted by atomic mass is 10.6. The lowest BCUT2D eigenvalue weighted by Crippen LogP contribution is -2.01. The molecule has 1 aliphatic heterocycles. The lowest BCUT2D eigenvalue weighted by molar-refractivity contribution is 0.489. The van der Waals surface area contributed by atoms with Gasteiger partial charge in [0.1, 0.15) is 5.08 Å². The molecule has 0 saturated carbocycles. The summed E-state index contributed by atoms with van der Waals surface area (Å²) in [5, 5.41) is 3.45. The van der Waals surface area contributed by atoms with Crippen molar-refractivity contribution in [1.29, 1.82) is 0 Å². The van der Waals surface area contributed by atoms with Crippen LogP contribution in [0.4, 0.5) is 0 Å². The Hall–Kier alpha value is -0.260. The van der Waals surface area contributed by atoms with Gasteiger partial charge in [-0.25, -0.2) is 0 Å². The zero-order valence-corrected chi connectivity index (χ0v) is 6.85. The van der Waals surface area contributed by atoms with Crippen LogP contribution in [0.5, 0.6) is 0 Å². The van der Waals surface area contributed by atoms with Crippen molar-refractivity contribution >= 4 is 21.0 Å². The second-order valence-corrected chi connectivity index (χ2v) is 5.73. The van der Waals surface area contributed by atoms with Gasteiger partial charge in [0.25, 0.3) is 10.1 Å². The molecule has 58 valence electrons. The fourth-order valence-electron chi connectivity index (χ4n) is 0.645. The third kappa shape index (κ3) is 2.55. The van der Waals surface area contributed by atoms with Crippen molar-refractivity contribution in [2.75, 3.05) is 5.08 Å². The van der Waals surface area contributed by atoms with Crippen molar-refractivity contribution in [2.24, 2.45) is 0 Å². The van der Waals surface area contributed by atoms with Gasteiger partial charge >= 0.3 is 0 Å². The quantitative estimate of drug-likeness (QED) is 0.490. The second-order valence-electron chi connectivity index (χ2n) is 1.91. The smallest absolute Gasteiger partial charge is 0.273 e. The lowest BCUT2D eigenvalue weighted by Gasteiger charge is -2.04. The highest BCUT2D eigenvalue weighted by Crippen LogP contribution is 2.33. The molecule has 0 aliphatic carbocycles. The Bertz CT molecular complexity index is 251. The van der Waals surface area contributed by atoms with Crippen LogP contribution < -0.4 is 0 Å². The van der Waals surface area contributed by atoms with E-state index in [-0.39, 0.29) is 5.08 Å². The number of thiol groups is 1. The predicted octanol–water partition coefficient (Wildman–Crippen LogP) is 0.874. The summed E-state index contributed by atoms with van der Waals surface area (Å²) in [7, 11) is -4.51. The van der Waals surface area contributed by atoms with Crippen LogP contribution in [0.15, 0.2) is 23.0 Å². The second kappa shape index (κ2) is 2.77. The van der Waals surface area contributed by atoms with E-state index in [1.54, 1.807) is 23.0 Å². The first-order chi connectivity index (χ1) is 4.58. The third-order valence-electron chi connectivity index (χ3n) is 0.978. The number of rotatable bonds is 2. The highest BCUT2D eigenvalue weighted by molar-refractivity contribution is 8.28. The van der Waals surface area contributed by atoms with E-state index in [0.29, 0.717) is 0 Å². The molecule has 0 aromatic rings. The molecule has 1 aliphatic rings. The Morgan fingerprint density at radius 3 is 2.20 bits per heavy atom. The van der Waals surface area contributed by atoms with Gasteiger partial charge in [0, 0.05) is 0 Å². The average Bonchev–Trinajstić information content (AvgIpc) is 2.12. The summed E-state index contributed by atoms with van der Waals surface area (Å²) in [6.45, 7) is 0. The molecule has 0 aromatic carbocycles. The Labute approximate surface area is 62.5 Å². The molecule has 0 bridgehead atoms. The van der Waals surface area contributed by atoms with Gasteiger partial charge < -0.3 is 0 Å².